The van der Waals surface area contributed by atoms with Gasteiger partial charge in [-0.2, -0.15) is 0 Å². The highest BCUT2D eigenvalue weighted by atomic mass is 16.5. The predicted molar refractivity (Wildman–Crippen MR) is 161 cm³/mol. The third kappa shape index (κ3) is 5.89. The van der Waals surface area contributed by atoms with Crippen molar-refractivity contribution in [2.24, 2.45) is 17.8 Å². The number of fused-ring (bicyclic) bond motifs is 1. The van der Waals surface area contributed by atoms with E-state index in [1.54, 1.807) is 29.2 Å². The Morgan fingerprint density at radius 2 is 1.84 bits per heavy atom. The molecule has 0 saturated carbocycles. The van der Waals surface area contributed by atoms with Gasteiger partial charge in [-0.3, -0.25) is 19.3 Å². The van der Waals surface area contributed by atoms with E-state index in [2.05, 4.69) is 15.5 Å². The van der Waals surface area contributed by atoms with Gasteiger partial charge < -0.3 is 34.9 Å². The number of benzene rings is 1. The average molecular weight is 601 g/mol. The first-order valence-corrected chi connectivity index (χ1v) is 15.9. The first kappa shape index (κ1) is 31.7. The molecule has 0 aliphatic carbocycles. The van der Waals surface area contributed by atoms with Gasteiger partial charge in [0.2, 0.25) is 17.7 Å². The van der Waals surface area contributed by atoms with Crippen LogP contribution in [0.3, 0.4) is 0 Å². The number of nitrogens with zero attached hydrogens (tertiary/aromatic N) is 2. The van der Waals surface area contributed by atoms with Gasteiger partial charge in [0.15, 0.2) is 0 Å². The molecule has 4 saturated heterocycles. The van der Waals surface area contributed by atoms with Crippen molar-refractivity contribution in [3.8, 4) is 5.75 Å². The van der Waals surface area contributed by atoms with Gasteiger partial charge in [0.25, 0.3) is 0 Å². The van der Waals surface area contributed by atoms with Crippen molar-refractivity contribution in [3.63, 3.8) is 0 Å². The number of rotatable bonds is 13. The maximum Gasteiger partial charge on any atom is 0.245 e. The van der Waals surface area contributed by atoms with E-state index in [9.17, 15) is 19.5 Å². The number of nitrogens with one attached hydrogen (secondary N) is 2. The molecule has 238 valence electrons. The molecular formula is C32H48N4O7. The van der Waals surface area contributed by atoms with E-state index in [1.165, 1.54) is 0 Å². The fourth-order valence-electron chi connectivity index (χ4n) is 7.85. The standard InChI is InChI=1S/C32H48N4O7/c1-5-31-11-12-32(43-31)26(25(31)28(38)34-22-7-9-24(10-8-22)42-6-2)30(40)36(23(20-37)19-21(3)4)27(32)29(39)33-13-14-35-15-17-41-18-16-35/h7-10,21,23,25-27,37H,5-6,11-20H2,1-4H3,(H,33,39)(H,34,38)/t23-,25+,26+,27?,31-,32?/m1/s1. The number of amides is 3. The molecule has 3 amide bonds. The summed E-state index contributed by atoms with van der Waals surface area (Å²) in [6.45, 7) is 12.3. The van der Waals surface area contributed by atoms with E-state index in [1.807, 2.05) is 27.7 Å². The van der Waals surface area contributed by atoms with Gasteiger partial charge in [-0.1, -0.05) is 20.8 Å². The number of hydrogen-bond donors (Lipinski definition) is 3. The quantitative estimate of drug-likeness (QED) is 0.314. The van der Waals surface area contributed by atoms with Gasteiger partial charge in [0.05, 0.1) is 49.9 Å². The van der Waals surface area contributed by atoms with Crippen molar-refractivity contribution >= 4 is 23.4 Å². The summed E-state index contributed by atoms with van der Waals surface area (Å²) in [4.78, 5) is 46.4. The molecule has 4 aliphatic heterocycles. The van der Waals surface area contributed by atoms with Crippen LogP contribution in [0.5, 0.6) is 5.75 Å². The number of carbonyl (C=O) groups is 3. The molecule has 2 bridgehead atoms. The number of hydrogen-bond acceptors (Lipinski definition) is 8. The number of morpholine rings is 1. The Bertz CT molecular complexity index is 1160. The highest BCUT2D eigenvalue weighted by Crippen LogP contribution is 2.64. The van der Waals surface area contributed by atoms with E-state index in [0.717, 1.165) is 13.1 Å². The Hall–Kier alpha value is -2.73. The van der Waals surface area contributed by atoms with Crippen LogP contribution in [0.15, 0.2) is 24.3 Å². The molecule has 43 heavy (non-hydrogen) atoms. The zero-order valence-corrected chi connectivity index (χ0v) is 26.0. The molecular weight excluding hydrogens is 552 g/mol. The number of carbonyl (C=O) groups excluding carboxylic acids is 3. The van der Waals surface area contributed by atoms with Crippen molar-refractivity contribution in [2.75, 3.05) is 57.9 Å². The number of aliphatic hydroxyl groups excluding tert-OH is 1. The topological polar surface area (TPSA) is 130 Å². The normalized spacial score (nSPS) is 30.9. The van der Waals surface area contributed by atoms with E-state index < -0.39 is 35.1 Å². The van der Waals surface area contributed by atoms with Crippen molar-refractivity contribution in [1.82, 2.24) is 15.1 Å². The molecule has 0 aromatic heterocycles. The van der Waals surface area contributed by atoms with Crippen LogP contribution < -0.4 is 15.4 Å². The highest BCUT2D eigenvalue weighted by Gasteiger charge is 2.79. The van der Waals surface area contributed by atoms with Gasteiger partial charge in [-0.15, -0.1) is 0 Å². The molecule has 1 aromatic rings. The molecule has 11 nitrogen and oxygen atoms in total. The molecule has 11 heteroatoms. The zero-order chi connectivity index (χ0) is 30.8. The van der Waals surface area contributed by atoms with E-state index >= 15 is 0 Å². The minimum atomic E-state index is -1.14. The molecule has 4 heterocycles. The number of anilines is 1. The Balaban J connectivity index is 1.43. The largest absolute Gasteiger partial charge is 0.494 e. The summed E-state index contributed by atoms with van der Waals surface area (Å²) in [7, 11) is 0. The molecule has 4 fully saturated rings. The maximum absolute atomic E-state index is 14.5. The van der Waals surface area contributed by atoms with Crippen LogP contribution in [-0.2, 0) is 23.9 Å². The third-order valence-electron chi connectivity index (χ3n) is 9.76. The van der Waals surface area contributed by atoms with Crippen LogP contribution in [0, 0.1) is 17.8 Å². The highest BCUT2D eigenvalue weighted by molar-refractivity contribution is 6.02. The number of ether oxygens (including phenoxy) is 3. The van der Waals surface area contributed by atoms with Gasteiger partial charge in [0, 0.05) is 31.9 Å². The lowest BCUT2D eigenvalue weighted by Gasteiger charge is -2.38. The molecule has 0 radical (unpaired) electrons. The molecule has 1 aromatic carbocycles. The van der Waals surface area contributed by atoms with E-state index in [0.29, 0.717) is 70.0 Å². The second-order valence-electron chi connectivity index (χ2n) is 12.7. The molecule has 3 N–H and O–H groups in total. The van der Waals surface area contributed by atoms with Crippen LogP contribution in [0.2, 0.25) is 0 Å². The summed E-state index contributed by atoms with van der Waals surface area (Å²) in [6, 6.07) is 5.67. The van der Waals surface area contributed by atoms with Crippen molar-refractivity contribution in [2.45, 2.75) is 76.7 Å². The Morgan fingerprint density at radius 3 is 2.47 bits per heavy atom. The first-order chi connectivity index (χ1) is 20.7. The number of aliphatic hydroxyl groups is 1. The molecule has 1 spiro atoms. The van der Waals surface area contributed by atoms with Crippen LogP contribution in [-0.4, -0.2) is 109 Å². The molecule has 6 atom stereocenters. The maximum atomic E-state index is 14.5. The second kappa shape index (κ2) is 13.1. The van der Waals surface area contributed by atoms with Crippen LogP contribution in [0.25, 0.3) is 0 Å². The smallest absolute Gasteiger partial charge is 0.245 e. The lowest BCUT2D eigenvalue weighted by molar-refractivity contribution is -0.150. The molecule has 2 unspecified atom stereocenters. The van der Waals surface area contributed by atoms with Crippen molar-refractivity contribution in [1.29, 1.82) is 0 Å². The average Bonchev–Trinajstić information content (AvgIpc) is 3.61. The van der Waals surface area contributed by atoms with Gasteiger partial charge in [-0.05, 0) is 62.8 Å². The van der Waals surface area contributed by atoms with Crippen molar-refractivity contribution in [3.05, 3.63) is 24.3 Å². The van der Waals surface area contributed by atoms with Crippen molar-refractivity contribution < 1.29 is 33.7 Å². The lowest BCUT2D eigenvalue weighted by Crippen LogP contribution is -2.58. The fourth-order valence-corrected chi connectivity index (χ4v) is 7.85. The predicted octanol–water partition coefficient (Wildman–Crippen LogP) is 2.03. The SMILES string of the molecule is CCOc1ccc(NC(=O)[C@@H]2[C@H]3C(=O)N([C@@H](CO)CC(C)C)C(C(=O)NCCN4CCOCC4)C34CC[C@@]2(CC)O4)cc1. The van der Waals surface area contributed by atoms with E-state index in [4.69, 9.17) is 14.2 Å². The van der Waals surface area contributed by atoms with Crippen LogP contribution in [0.4, 0.5) is 5.69 Å². The molecule has 5 rings (SSSR count). The lowest BCUT2D eigenvalue weighted by atomic mass is 9.65. The Kier molecular flexibility index (Phi) is 9.65. The van der Waals surface area contributed by atoms with Gasteiger partial charge >= 0.3 is 0 Å². The van der Waals surface area contributed by atoms with Crippen LogP contribution in [0.1, 0.15) is 53.4 Å². The summed E-state index contributed by atoms with van der Waals surface area (Å²) in [5.74, 6) is -1.55. The fraction of sp³-hybridized carbons (Fsp3) is 0.719. The summed E-state index contributed by atoms with van der Waals surface area (Å²) >= 11 is 0. The Morgan fingerprint density at radius 1 is 1.12 bits per heavy atom. The minimum Gasteiger partial charge on any atom is -0.494 e. The monoisotopic (exact) mass is 600 g/mol. The minimum absolute atomic E-state index is 0.186. The summed E-state index contributed by atoms with van der Waals surface area (Å²) in [5, 5.41) is 16.6. The zero-order valence-electron chi connectivity index (χ0n) is 26.0. The third-order valence-corrected chi connectivity index (χ3v) is 9.76. The molecule has 4 aliphatic rings. The summed E-state index contributed by atoms with van der Waals surface area (Å²) in [6.07, 6.45) is 2.15. The summed E-state index contributed by atoms with van der Waals surface area (Å²) in [5.41, 5.74) is -1.38. The first-order valence-electron chi connectivity index (χ1n) is 15.9. The number of likely N-dealkylation sites (tertiary alicyclic amines) is 1. The summed E-state index contributed by atoms with van der Waals surface area (Å²) < 4.78 is 17.8. The van der Waals surface area contributed by atoms with E-state index in [-0.39, 0.29) is 30.2 Å². The van der Waals surface area contributed by atoms with Gasteiger partial charge in [-0.25, -0.2) is 0 Å². The Labute approximate surface area is 254 Å². The van der Waals surface area contributed by atoms with Gasteiger partial charge in [0.1, 0.15) is 17.4 Å². The second-order valence-corrected chi connectivity index (χ2v) is 12.7. The van der Waals surface area contributed by atoms with Crippen LogP contribution >= 0.6 is 0 Å².